The number of alkyl halides is 3. The first-order valence-corrected chi connectivity index (χ1v) is 10.7. The van der Waals surface area contributed by atoms with E-state index in [2.05, 4.69) is 5.32 Å². The summed E-state index contributed by atoms with van der Waals surface area (Å²) in [6.45, 7) is 5.19. The fourth-order valence-electron chi connectivity index (χ4n) is 2.84. The van der Waals surface area contributed by atoms with Crippen LogP contribution in [0, 0.1) is 20.8 Å². The molecular formula is C19H21F3N2O3S2. The zero-order valence-corrected chi connectivity index (χ0v) is 17.9. The van der Waals surface area contributed by atoms with Crippen molar-refractivity contribution >= 4 is 33.4 Å². The SMILES string of the molecule is Cc1cc(C)c(NC(=O)CN(C)S(=O)(=O)c2ccc(SC(F)(F)F)cc2)c(C)c1. The number of thioether (sulfide) groups is 1. The zero-order valence-electron chi connectivity index (χ0n) is 16.3. The second-order valence-electron chi connectivity index (χ2n) is 6.60. The van der Waals surface area contributed by atoms with Gasteiger partial charge in [-0.2, -0.15) is 17.5 Å². The molecule has 0 fully saturated rings. The van der Waals surface area contributed by atoms with Crippen LogP contribution in [0.15, 0.2) is 46.2 Å². The Kier molecular flexibility index (Phi) is 7.02. The Balaban J connectivity index is 2.11. The van der Waals surface area contributed by atoms with E-state index in [9.17, 15) is 26.4 Å². The summed E-state index contributed by atoms with van der Waals surface area (Å²) in [6.07, 6.45) is 0. The molecule has 0 aliphatic rings. The molecule has 0 aliphatic carbocycles. The minimum atomic E-state index is -4.46. The van der Waals surface area contributed by atoms with Gasteiger partial charge in [0.2, 0.25) is 15.9 Å². The third kappa shape index (κ3) is 6.22. The van der Waals surface area contributed by atoms with Crippen molar-refractivity contribution in [1.29, 1.82) is 0 Å². The predicted molar refractivity (Wildman–Crippen MR) is 107 cm³/mol. The third-order valence-corrected chi connectivity index (χ3v) is 6.63. The minimum absolute atomic E-state index is 0.123. The lowest BCUT2D eigenvalue weighted by Crippen LogP contribution is -2.35. The van der Waals surface area contributed by atoms with Gasteiger partial charge in [-0.05, 0) is 67.9 Å². The largest absolute Gasteiger partial charge is 0.446 e. The lowest BCUT2D eigenvalue weighted by Gasteiger charge is -2.18. The molecular weight excluding hydrogens is 425 g/mol. The Morgan fingerprint density at radius 2 is 1.59 bits per heavy atom. The highest BCUT2D eigenvalue weighted by molar-refractivity contribution is 8.00. The van der Waals surface area contributed by atoms with Gasteiger partial charge in [0.1, 0.15) is 0 Å². The number of likely N-dealkylation sites (N-methyl/N-ethyl adjacent to an activating group) is 1. The van der Waals surface area contributed by atoms with E-state index in [0.29, 0.717) is 5.69 Å². The summed E-state index contributed by atoms with van der Waals surface area (Å²) >= 11 is -0.329. The second-order valence-corrected chi connectivity index (χ2v) is 9.79. The summed E-state index contributed by atoms with van der Waals surface area (Å²) in [7, 11) is -2.79. The van der Waals surface area contributed by atoms with Crippen LogP contribution in [-0.2, 0) is 14.8 Å². The maximum Gasteiger partial charge on any atom is 0.446 e. The molecule has 0 saturated carbocycles. The summed E-state index contributed by atoms with van der Waals surface area (Å²) < 4.78 is 63.3. The number of sulfonamides is 1. The number of carbonyl (C=O) groups is 1. The highest BCUT2D eigenvalue weighted by atomic mass is 32.2. The van der Waals surface area contributed by atoms with E-state index in [1.807, 2.05) is 32.9 Å². The number of hydrogen-bond donors (Lipinski definition) is 1. The number of anilines is 1. The van der Waals surface area contributed by atoms with E-state index < -0.39 is 28.0 Å². The van der Waals surface area contributed by atoms with Crippen molar-refractivity contribution in [3.05, 3.63) is 53.1 Å². The molecule has 0 radical (unpaired) electrons. The lowest BCUT2D eigenvalue weighted by atomic mass is 10.1. The van der Waals surface area contributed by atoms with Gasteiger partial charge in [0.25, 0.3) is 0 Å². The highest BCUT2D eigenvalue weighted by Gasteiger charge is 2.30. The van der Waals surface area contributed by atoms with Gasteiger partial charge in [-0.3, -0.25) is 4.79 Å². The number of benzene rings is 2. The van der Waals surface area contributed by atoms with E-state index in [4.69, 9.17) is 0 Å². The van der Waals surface area contributed by atoms with Crippen molar-refractivity contribution in [2.75, 3.05) is 18.9 Å². The topological polar surface area (TPSA) is 66.5 Å². The average Bonchev–Trinajstić information content (AvgIpc) is 2.57. The number of nitrogens with one attached hydrogen (secondary N) is 1. The number of rotatable bonds is 6. The van der Waals surface area contributed by atoms with Crippen LogP contribution < -0.4 is 5.32 Å². The third-order valence-electron chi connectivity index (χ3n) is 4.07. The fraction of sp³-hybridized carbons (Fsp3) is 0.316. The molecule has 5 nitrogen and oxygen atoms in total. The van der Waals surface area contributed by atoms with Gasteiger partial charge in [0.05, 0.1) is 11.4 Å². The van der Waals surface area contributed by atoms with Gasteiger partial charge in [0, 0.05) is 17.6 Å². The van der Waals surface area contributed by atoms with Gasteiger partial charge in [-0.1, -0.05) is 17.7 Å². The van der Waals surface area contributed by atoms with Crippen LogP contribution in [0.4, 0.5) is 18.9 Å². The Hall–Kier alpha value is -2.04. The molecule has 0 aromatic heterocycles. The lowest BCUT2D eigenvalue weighted by molar-refractivity contribution is -0.116. The maximum absolute atomic E-state index is 12.6. The predicted octanol–water partition coefficient (Wildman–Crippen LogP) is 4.48. The molecule has 2 rings (SSSR count). The van der Waals surface area contributed by atoms with Crippen LogP contribution in [-0.4, -0.2) is 37.7 Å². The van der Waals surface area contributed by atoms with Crippen molar-refractivity contribution < 1.29 is 26.4 Å². The van der Waals surface area contributed by atoms with Crippen LogP contribution >= 0.6 is 11.8 Å². The molecule has 10 heteroatoms. The molecule has 0 heterocycles. The van der Waals surface area contributed by atoms with E-state index in [1.54, 1.807) is 0 Å². The van der Waals surface area contributed by atoms with E-state index in [1.165, 1.54) is 7.05 Å². The molecule has 29 heavy (non-hydrogen) atoms. The second kappa shape index (κ2) is 8.76. The van der Waals surface area contributed by atoms with Crippen LogP contribution in [0.1, 0.15) is 16.7 Å². The first-order chi connectivity index (χ1) is 13.3. The van der Waals surface area contributed by atoms with Gasteiger partial charge in [0.15, 0.2) is 0 Å². The maximum atomic E-state index is 12.6. The summed E-state index contributed by atoms with van der Waals surface area (Å²) in [5, 5.41) is 2.72. The Morgan fingerprint density at radius 1 is 1.07 bits per heavy atom. The first kappa shape index (κ1) is 23.2. The molecule has 158 valence electrons. The summed E-state index contributed by atoms with van der Waals surface area (Å²) in [5.41, 5.74) is -1.07. The van der Waals surface area contributed by atoms with Gasteiger partial charge in [-0.15, -0.1) is 0 Å². The summed E-state index contributed by atoms with van der Waals surface area (Å²) in [5.74, 6) is -0.518. The summed E-state index contributed by atoms with van der Waals surface area (Å²) in [6, 6.07) is 8.15. The molecule has 0 bridgehead atoms. The van der Waals surface area contributed by atoms with E-state index in [-0.39, 0.29) is 21.6 Å². The molecule has 0 spiro atoms. The standard InChI is InChI=1S/C19H21F3N2O3S2/c1-12-9-13(2)18(14(3)10-12)23-17(25)11-24(4)29(26,27)16-7-5-15(6-8-16)28-19(20,21)22/h5-10H,11H2,1-4H3,(H,23,25). The molecule has 1 N–H and O–H groups in total. The van der Waals surface area contributed by atoms with Crippen molar-refractivity contribution in [3.63, 3.8) is 0 Å². The van der Waals surface area contributed by atoms with Gasteiger partial charge < -0.3 is 5.32 Å². The number of hydrogen-bond acceptors (Lipinski definition) is 4. The monoisotopic (exact) mass is 446 g/mol. The number of carbonyl (C=O) groups excluding carboxylic acids is 1. The Bertz CT molecular complexity index is 981. The minimum Gasteiger partial charge on any atom is -0.324 e. The molecule has 2 aromatic carbocycles. The van der Waals surface area contributed by atoms with Gasteiger partial charge >= 0.3 is 5.51 Å². The van der Waals surface area contributed by atoms with Crippen LogP contribution in [0.25, 0.3) is 0 Å². The summed E-state index contributed by atoms with van der Waals surface area (Å²) in [4.78, 5) is 12.0. The number of nitrogens with zero attached hydrogens (tertiary/aromatic N) is 1. The van der Waals surface area contributed by atoms with Crippen LogP contribution in [0.3, 0.4) is 0 Å². The number of aryl methyl sites for hydroxylation is 3. The average molecular weight is 447 g/mol. The molecule has 0 aliphatic heterocycles. The van der Waals surface area contributed by atoms with Crippen molar-refractivity contribution in [1.82, 2.24) is 4.31 Å². The quantitative estimate of drug-likeness (QED) is 0.665. The van der Waals surface area contributed by atoms with Crippen LogP contribution in [0.2, 0.25) is 0 Å². The number of amides is 1. The molecule has 0 saturated heterocycles. The van der Waals surface area contributed by atoms with Crippen molar-refractivity contribution in [2.24, 2.45) is 0 Å². The van der Waals surface area contributed by atoms with Crippen molar-refractivity contribution in [3.8, 4) is 0 Å². The molecule has 0 unspecified atom stereocenters. The normalized spacial score (nSPS) is 12.3. The number of halogens is 3. The molecule has 1 amide bonds. The van der Waals surface area contributed by atoms with Crippen molar-refractivity contribution in [2.45, 2.75) is 36.1 Å². The Labute approximate surface area is 172 Å². The Morgan fingerprint density at radius 3 is 2.07 bits per heavy atom. The van der Waals surface area contributed by atoms with E-state index in [0.717, 1.165) is 45.3 Å². The highest BCUT2D eigenvalue weighted by Crippen LogP contribution is 2.37. The fourth-order valence-corrected chi connectivity index (χ4v) is 4.50. The first-order valence-electron chi connectivity index (χ1n) is 8.49. The van der Waals surface area contributed by atoms with Gasteiger partial charge in [-0.25, -0.2) is 8.42 Å². The zero-order chi connectivity index (χ0) is 22.0. The van der Waals surface area contributed by atoms with Crippen LogP contribution in [0.5, 0.6) is 0 Å². The molecule has 2 aromatic rings. The van der Waals surface area contributed by atoms with E-state index >= 15 is 0 Å². The smallest absolute Gasteiger partial charge is 0.324 e. The molecule has 0 atom stereocenters.